The van der Waals surface area contributed by atoms with Gasteiger partial charge in [-0.05, 0) is 55.5 Å². The highest BCUT2D eigenvalue weighted by Crippen LogP contribution is 2.35. The average molecular weight is 399 g/mol. The van der Waals surface area contributed by atoms with E-state index in [2.05, 4.69) is 48.1 Å². The van der Waals surface area contributed by atoms with Gasteiger partial charge in [-0.25, -0.2) is 4.98 Å². The predicted octanol–water partition coefficient (Wildman–Crippen LogP) is 5.10. The third kappa shape index (κ3) is 3.61. The Morgan fingerprint density at radius 1 is 1.23 bits per heavy atom. The third-order valence-electron chi connectivity index (χ3n) is 6.03. The molecule has 2 fully saturated rings. The zero-order valence-electron chi connectivity index (χ0n) is 17.1. The van der Waals surface area contributed by atoms with Crippen LogP contribution in [0.15, 0.2) is 43.1 Å². The average Bonchev–Trinajstić information content (AvgIpc) is 3.48. The molecular weight excluding hydrogens is 374 g/mol. The molecule has 1 aliphatic carbocycles. The van der Waals surface area contributed by atoms with Crippen LogP contribution in [0, 0.1) is 12.8 Å². The molecule has 3 aromatic rings. The van der Waals surface area contributed by atoms with E-state index < -0.39 is 0 Å². The number of nitrogens with one attached hydrogen (secondary N) is 1. The van der Waals surface area contributed by atoms with Crippen LogP contribution in [0.2, 0.25) is 0 Å². The molecule has 2 aromatic heterocycles. The fraction of sp³-hybridized carbons (Fsp3) is 0.320. The van der Waals surface area contributed by atoms with Gasteiger partial charge in [-0.3, -0.25) is 9.78 Å². The number of amides is 1. The summed E-state index contributed by atoms with van der Waals surface area (Å²) in [6.45, 7) is 7.41. The fourth-order valence-corrected chi connectivity index (χ4v) is 4.06. The summed E-state index contributed by atoms with van der Waals surface area (Å²) in [5.41, 5.74) is 5.29. The lowest BCUT2D eigenvalue weighted by Crippen LogP contribution is -2.14. The van der Waals surface area contributed by atoms with Gasteiger partial charge < -0.3 is 10.1 Å². The molecule has 1 saturated carbocycles. The monoisotopic (exact) mass is 399 g/mol. The van der Waals surface area contributed by atoms with Gasteiger partial charge in [0.2, 0.25) is 5.91 Å². The van der Waals surface area contributed by atoms with Crippen LogP contribution in [0.5, 0.6) is 0 Å². The van der Waals surface area contributed by atoms with Crippen molar-refractivity contribution in [2.75, 3.05) is 18.5 Å². The number of carbonyl (C=O) groups is 1. The van der Waals surface area contributed by atoms with E-state index in [4.69, 9.17) is 9.72 Å². The number of nitrogens with zero attached hydrogens (tertiary/aromatic N) is 2. The van der Waals surface area contributed by atoms with E-state index in [1.807, 2.05) is 18.3 Å². The summed E-state index contributed by atoms with van der Waals surface area (Å²) < 4.78 is 5.66. The summed E-state index contributed by atoms with van der Waals surface area (Å²) in [5.74, 6) is 1.04. The zero-order valence-corrected chi connectivity index (χ0v) is 17.1. The Hall–Kier alpha value is -3.05. The van der Waals surface area contributed by atoms with Crippen molar-refractivity contribution in [3.8, 4) is 11.3 Å². The molecule has 1 aromatic carbocycles. The minimum absolute atomic E-state index is 0.0639. The summed E-state index contributed by atoms with van der Waals surface area (Å²) in [5, 5.41) is 5.02. The van der Waals surface area contributed by atoms with E-state index in [9.17, 15) is 4.79 Å². The van der Waals surface area contributed by atoms with Crippen LogP contribution in [0.1, 0.15) is 42.0 Å². The van der Waals surface area contributed by atoms with Gasteiger partial charge in [-0.15, -0.1) is 0 Å². The Bertz CT molecular complexity index is 1140. The Morgan fingerprint density at radius 3 is 2.83 bits per heavy atom. The van der Waals surface area contributed by atoms with E-state index in [-0.39, 0.29) is 17.7 Å². The molecular formula is C25H25N3O2. The first-order chi connectivity index (χ1) is 14.6. The molecule has 1 amide bonds. The van der Waals surface area contributed by atoms with Crippen LogP contribution in [-0.2, 0) is 9.53 Å². The Morgan fingerprint density at radius 2 is 2.10 bits per heavy atom. The van der Waals surface area contributed by atoms with Crippen molar-refractivity contribution in [1.82, 2.24) is 9.97 Å². The number of ether oxygens (including phenoxy) is 1. The molecule has 1 unspecified atom stereocenters. The van der Waals surface area contributed by atoms with Gasteiger partial charge in [-0.2, -0.15) is 0 Å². The number of fused-ring (bicyclic) bond motifs is 1. The lowest BCUT2D eigenvalue weighted by Gasteiger charge is -2.16. The van der Waals surface area contributed by atoms with Gasteiger partial charge in [-0.1, -0.05) is 24.8 Å². The van der Waals surface area contributed by atoms with E-state index in [0.29, 0.717) is 12.4 Å². The number of benzene rings is 1. The third-order valence-corrected chi connectivity index (χ3v) is 6.03. The van der Waals surface area contributed by atoms with Crippen molar-refractivity contribution in [3.63, 3.8) is 0 Å². The maximum absolute atomic E-state index is 12.2. The number of carbonyl (C=O) groups excluding carboxylic acids is 1. The van der Waals surface area contributed by atoms with Crippen molar-refractivity contribution >= 4 is 28.6 Å². The zero-order chi connectivity index (χ0) is 20.7. The molecule has 1 atom stereocenters. The normalized spacial score (nSPS) is 18.5. The predicted molar refractivity (Wildman–Crippen MR) is 119 cm³/mol. The molecule has 5 rings (SSSR count). The number of rotatable bonds is 5. The number of aryl methyl sites for hydroxylation is 1. The summed E-state index contributed by atoms with van der Waals surface area (Å²) in [6.07, 6.45) is 6.58. The standard InChI is InChI=1S/C25H25N3O2/c1-3-16-5-4-15(2)20(10-16)22-11-19-13-26-23(28-25(29)17-6-7-17)12-21(19)24(27-22)18-8-9-30-14-18/h3-5,10-13,17-18H,1,6-9,14H2,2H3,(H,26,28,29). The summed E-state index contributed by atoms with van der Waals surface area (Å²) >= 11 is 0. The topological polar surface area (TPSA) is 64.1 Å². The maximum atomic E-state index is 12.2. The summed E-state index contributed by atoms with van der Waals surface area (Å²) in [7, 11) is 0. The van der Waals surface area contributed by atoms with Gasteiger partial charge in [0.15, 0.2) is 0 Å². The molecule has 1 N–H and O–H groups in total. The second kappa shape index (κ2) is 7.65. The highest BCUT2D eigenvalue weighted by atomic mass is 16.5. The smallest absolute Gasteiger partial charge is 0.228 e. The van der Waals surface area contributed by atoms with E-state index in [1.54, 1.807) is 0 Å². The van der Waals surface area contributed by atoms with Crippen LogP contribution in [0.4, 0.5) is 5.82 Å². The molecule has 30 heavy (non-hydrogen) atoms. The van der Waals surface area contributed by atoms with Crippen molar-refractivity contribution in [2.45, 2.75) is 32.1 Å². The van der Waals surface area contributed by atoms with Crippen LogP contribution in [0.25, 0.3) is 28.1 Å². The fourth-order valence-electron chi connectivity index (χ4n) is 4.06. The molecule has 0 bridgehead atoms. The molecule has 0 radical (unpaired) electrons. The molecule has 5 heteroatoms. The van der Waals surface area contributed by atoms with Gasteiger partial charge in [0.25, 0.3) is 0 Å². The summed E-state index contributed by atoms with van der Waals surface area (Å²) in [6, 6.07) is 10.3. The second-order valence-electron chi connectivity index (χ2n) is 8.29. The minimum atomic E-state index is 0.0639. The number of hydrogen-bond donors (Lipinski definition) is 1. The van der Waals surface area contributed by atoms with Crippen LogP contribution >= 0.6 is 0 Å². The first-order valence-corrected chi connectivity index (χ1v) is 10.5. The van der Waals surface area contributed by atoms with Gasteiger partial charge >= 0.3 is 0 Å². The van der Waals surface area contributed by atoms with Crippen molar-refractivity contribution < 1.29 is 9.53 Å². The van der Waals surface area contributed by atoms with E-state index >= 15 is 0 Å². The Kier molecular flexibility index (Phi) is 4.83. The van der Waals surface area contributed by atoms with Crippen LogP contribution in [-0.4, -0.2) is 29.1 Å². The number of aromatic nitrogens is 2. The molecule has 5 nitrogen and oxygen atoms in total. The largest absolute Gasteiger partial charge is 0.381 e. The number of anilines is 1. The highest BCUT2D eigenvalue weighted by molar-refractivity contribution is 5.96. The lowest BCUT2D eigenvalue weighted by molar-refractivity contribution is -0.117. The van der Waals surface area contributed by atoms with Gasteiger partial charge in [0, 0.05) is 41.0 Å². The SMILES string of the molecule is C=Cc1ccc(C)c(-c2cc3cnc(NC(=O)C4CC4)cc3c(C3CCOC3)n2)c1. The Balaban J connectivity index is 1.63. The number of pyridine rings is 2. The van der Waals surface area contributed by atoms with Gasteiger partial charge in [0.05, 0.1) is 18.0 Å². The second-order valence-corrected chi connectivity index (χ2v) is 8.29. The molecule has 2 aliphatic rings. The molecule has 152 valence electrons. The first-order valence-electron chi connectivity index (χ1n) is 10.5. The quantitative estimate of drug-likeness (QED) is 0.648. The highest BCUT2D eigenvalue weighted by Gasteiger charge is 2.30. The molecule has 1 saturated heterocycles. The van der Waals surface area contributed by atoms with Crippen LogP contribution < -0.4 is 5.32 Å². The molecule has 1 aliphatic heterocycles. The number of hydrogen-bond acceptors (Lipinski definition) is 4. The van der Waals surface area contributed by atoms with Crippen molar-refractivity contribution in [1.29, 1.82) is 0 Å². The molecule has 0 spiro atoms. The maximum Gasteiger partial charge on any atom is 0.228 e. The van der Waals surface area contributed by atoms with Crippen LogP contribution in [0.3, 0.4) is 0 Å². The summed E-state index contributed by atoms with van der Waals surface area (Å²) in [4.78, 5) is 21.8. The van der Waals surface area contributed by atoms with Crippen molar-refractivity contribution in [2.24, 2.45) is 5.92 Å². The first kappa shape index (κ1) is 18.9. The van der Waals surface area contributed by atoms with E-state index in [1.165, 1.54) is 5.56 Å². The minimum Gasteiger partial charge on any atom is -0.381 e. The van der Waals surface area contributed by atoms with Crippen molar-refractivity contribution in [3.05, 3.63) is 59.9 Å². The Labute approximate surface area is 176 Å². The van der Waals surface area contributed by atoms with E-state index in [0.717, 1.165) is 59.2 Å². The molecule has 3 heterocycles. The van der Waals surface area contributed by atoms with Gasteiger partial charge in [0.1, 0.15) is 5.82 Å². The lowest BCUT2D eigenvalue weighted by atomic mass is 9.95.